The van der Waals surface area contributed by atoms with Crippen LogP contribution in [-0.2, 0) is 19.2 Å². The van der Waals surface area contributed by atoms with E-state index < -0.39 is 47.9 Å². The molecular weight excluding hydrogens is 491 g/mol. The van der Waals surface area contributed by atoms with Gasteiger partial charge in [-0.2, -0.15) is 18.4 Å². The second-order valence-electron chi connectivity index (χ2n) is 11.6. The molecular formula is C25H32F3N5O4. The minimum Gasteiger partial charge on any atom is -0.356 e. The summed E-state index contributed by atoms with van der Waals surface area (Å²) in [7, 11) is 0. The summed E-state index contributed by atoms with van der Waals surface area (Å²) in [4.78, 5) is 52.3. The average Bonchev–Trinajstić information content (AvgIpc) is 3.51. The van der Waals surface area contributed by atoms with E-state index in [1.807, 2.05) is 11.4 Å². The van der Waals surface area contributed by atoms with Crippen LogP contribution in [-0.4, -0.2) is 65.4 Å². The first-order chi connectivity index (χ1) is 17.5. The summed E-state index contributed by atoms with van der Waals surface area (Å²) in [6, 6.07) is -1.46. The fraction of sp³-hybridized carbons (Fsp3) is 0.800. The molecule has 12 heteroatoms. The molecule has 0 aromatic rings. The Morgan fingerprint density at radius 1 is 1.16 bits per heavy atom. The maximum atomic E-state index is 13.8. The normalized spacial score (nSPS) is 31.6. The highest BCUT2D eigenvalue weighted by Gasteiger charge is 2.58. The van der Waals surface area contributed by atoms with E-state index in [9.17, 15) is 37.6 Å². The standard InChI is InChI=1S/C25H32F3N5O4/c26-25(27,28)23(37)32-18(15-10-24(11-15)5-1-6-24)22(36)33-17-3-2-13(9-17)19(33)21(35)31-16(12-29)8-14-4-7-30-20(14)34/h13-19H,1-11H2,(H,30,34)(H,31,35)(H,32,37)/t13-,14-,16-,17+,18+,19-/m0/s1. The van der Waals surface area contributed by atoms with Gasteiger partial charge in [-0.15, -0.1) is 0 Å². The number of hydrogen-bond donors (Lipinski definition) is 3. The number of halogens is 3. The van der Waals surface area contributed by atoms with Crippen LogP contribution in [0.15, 0.2) is 0 Å². The summed E-state index contributed by atoms with van der Waals surface area (Å²) < 4.78 is 39.4. The van der Waals surface area contributed by atoms with E-state index >= 15 is 0 Å². The molecule has 0 aromatic heterocycles. The lowest BCUT2D eigenvalue weighted by Crippen LogP contribution is -2.63. The molecule has 9 nitrogen and oxygen atoms in total. The van der Waals surface area contributed by atoms with E-state index in [4.69, 9.17) is 0 Å². The number of carbonyl (C=O) groups excluding carboxylic acids is 4. The molecule has 4 amide bonds. The van der Waals surface area contributed by atoms with Crippen molar-refractivity contribution < 1.29 is 32.3 Å². The zero-order valence-corrected chi connectivity index (χ0v) is 20.5. The summed E-state index contributed by atoms with van der Waals surface area (Å²) in [5, 5.41) is 16.9. The van der Waals surface area contributed by atoms with Crippen molar-refractivity contribution in [3.05, 3.63) is 0 Å². The molecule has 2 bridgehead atoms. The number of amides is 4. The van der Waals surface area contributed by atoms with E-state index in [1.54, 1.807) is 0 Å². The number of nitrogens with one attached hydrogen (secondary N) is 3. The number of likely N-dealkylation sites (tertiary alicyclic amines) is 1. The Bertz CT molecular complexity index is 1010. The third-order valence-electron chi connectivity index (χ3n) is 9.35. The fourth-order valence-corrected chi connectivity index (χ4v) is 7.34. The Morgan fingerprint density at radius 3 is 2.46 bits per heavy atom. The molecule has 202 valence electrons. The zero-order valence-electron chi connectivity index (χ0n) is 20.5. The molecule has 5 rings (SSSR count). The van der Waals surface area contributed by atoms with Crippen LogP contribution in [0.1, 0.15) is 64.2 Å². The van der Waals surface area contributed by atoms with Crippen LogP contribution in [0.5, 0.6) is 0 Å². The lowest BCUT2D eigenvalue weighted by Gasteiger charge is -2.56. The lowest BCUT2D eigenvalue weighted by molar-refractivity contribution is -0.177. The minimum atomic E-state index is -5.12. The van der Waals surface area contributed by atoms with Crippen LogP contribution in [0.2, 0.25) is 0 Å². The smallest absolute Gasteiger partial charge is 0.356 e. The Balaban J connectivity index is 1.32. The molecule has 3 aliphatic carbocycles. The lowest BCUT2D eigenvalue weighted by atomic mass is 9.50. The van der Waals surface area contributed by atoms with Crippen molar-refractivity contribution >= 4 is 23.6 Å². The third-order valence-corrected chi connectivity index (χ3v) is 9.35. The van der Waals surface area contributed by atoms with Gasteiger partial charge in [0.25, 0.3) is 0 Å². The van der Waals surface area contributed by atoms with Crippen molar-refractivity contribution in [3.63, 3.8) is 0 Å². The van der Waals surface area contributed by atoms with Crippen LogP contribution >= 0.6 is 0 Å². The molecule has 5 aliphatic rings. The first-order valence-corrected chi connectivity index (χ1v) is 13.2. The van der Waals surface area contributed by atoms with E-state index in [0.29, 0.717) is 45.1 Å². The molecule has 37 heavy (non-hydrogen) atoms. The second-order valence-corrected chi connectivity index (χ2v) is 11.6. The van der Waals surface area contributed by atoms with Gasteiger partial charge in [0.15, 0.2) is 0 Å². The van der Waals surface area contributed by atoms with Crippen LogP contribution in [0.25, 0.3) is 0 Å². The molecule has 2 aliphatic heterocycles. The minimum absolute atomic E-state index is 0.0689. The van der Waals surface area contributed by atoms with Gasteiger partial charge in [0.1, 0.15) is 18.1 Å². The van der Waals surface area contributed by atoms with Gasteiger partial charge in [-0.1, -0.05) is 6.42 Å². The van der Waals surface area contributed by atoms with Gasteiger partial charge in [0.2, 0.25) is 17.7 Å². The van der Waals surface area contributed by atoms with Crippen molar-refractivity contribution in [1.29, 1.82) is 5.26 Å². The average molecular weight is 524 g/mol. The number of alkyl halides is 3. The first-order valence-electron chi connectivity index (χ1n) is 13.2. The highest BCUT2D eigenvalue weighted by Crippen LogP contribution is 2.60. The van der Waals surface area contributed by atoms with Crippen molar-refractivity contribution in [1.82, 2.24) is 20.9 Å². The number of piperidine rings is 1. The highest BCUT2D eigenvalue weighted by molar-refractivity contribution is 5.94. The summed E-state index contributed by atoms with van der Waals surface area (Å²) in [5.41, 5.74) is 0.0689. The summed E-state index contributed by atoms with van der Waals surface area (Å²) in [6.07, 6.45) is 1.66. The Labute approximate surface area is 212 Å². The summed E-state index contributed by atoms with van der Waals surface area (Å²) in [6.45, 7) is 0.512. The number of nitrogens with zero attached hydrogens (tertiary/aromatic N) is 2. The molecule has 2 saturated heterocycles. The topological polar surface area (TPSA) is 131 Å². The molecule has 3 N–H and O–H groups in total. The van der Waals surface area contributed by atoms with Gasteiger partial charge in [0.05, 0.1) is 6.07 Å². The highest BCUT2D eigenvalue weighted by atomic mass is 19.4. The molecule has 0 radical (unpaired) electrons. The van der Waals surface area contributed by atoms with E-state index in [1.165, 1.54) is 4.90 Å². The van der Waals surface area contributed by atoms with E-state index in [0.717, 1.165) is 19.3 Å². The molecule has 1 spiro atoms. The Hall–Kier alpha value is -2.84. The van der Waals surface area contributed by atoms with E-state index in [2.05, 4.69) is 10.6 Å². The quantitative estimate of drug-likeness (QED) is 0.466. The zero-order chi connectivity index (χ0) is 26.5. The SMILES string of the molecule is N#C[C@H](C[C@@H]1CCNC1=O)NC(=O)[C@@H]1[C@H]2CC[C@H](C2)N1C(=O)[C@H](NC(=O)C(F)(F)F)C1CC2(CCC2)C1. The Morgan fingerprint density at radius 2 is 1.89 bits per heavy atom. The largest absolute Gasteiger partial charge is 0.471 e. The maximum absolute atomic E-state index is 13.8. The van der Waals surface area contributed by atoms with Crippen molar-refractivity contribution in [2.75, 3.05) is 6.54 Å². The van der Waals surface area contributed by atoms with Crippen molar-refractivity contribution in [3.8, 4) is 6.07 Å². The number of rotatable bonds is 7. The second kappa shape index (κ2) is 9.48. The molecule has 5 fully saturated rings. The summed E-state index contributed by atoms with van der Waals surface area (Å²) in [5.74, 6) is -4.45. The van der Waals surface area contributed by atoms with Gasteiger partial charge in [-0.05, 0) is 75.0 Å². The summed E-state index contributed by atoms with van der Waals surface area (Å²) >= 11 is 0. The van der Waals surface area contributed by atoms with Crippen LogP contribution in [0.4, 0.5) is 13.2 Å². The predicted molar refractivity (Wildman–Crippen MR) is 122 cm³/mol. The number of carbonyl (C=O) groups is 4. The molecule has 2 heterocycles. The first kappa shape index (κ1) is 25.8. The molecule has 6 atom stereocenters. The number of fused-ring (bicyclic) bond motifs is 2. The predicted octanol–water partition coefficient (Wildman–Crippen LogP) is 1.53. The van der Waals surface area contributed by atoms with Crippen LogP contribution < -0.4 is 16.0 Å². The number of hydrogen-bond acceptors (Lipinski definition) is 5. The van der Waals surface area contributed by atoms with Crippen molar-refractivity contribution in [2.45, 2.75) is 94.6 Å². The maximum Gasteiger partial charge on any atom is 0.471 e. The molecule has 0 unspecified atom stereocenters. The fourth-order valence-electron chi connectivity index (χ4n) is 7.34. The van der Waals surface area contributed by atoms with Crippen LogP contribution in [0, 0.1) is 34.5 Å². The van der Waals surface area contributed by atoms with E-state index in [-0.39, 0.29) is 35.6 Å². The van der Waals surface area contributed by atoms with Gasteiger partial charge in [0, 0.05) is 18.5 Å². The van der Waals surface area contributed by atoms with Gasteiger partial charge in [-0.3, -0.25) is 19.2 Å². The van der Waals surface area contributed by atoms with Crippen molar-refractivity contribution in [2.24, 2.45) is 23.2 Å². The van der Waals surface area contributed by atoms with Crippen LogP contribution in [0.3, 0.4) is 0 Å². The molecule has 3 saturated carbocycles. The third kappa shape index (κ3) is 4.77. The van der Waals surface area contributed by atoms with Gasteiger partial charge in [-0.25, -0.2) is 0 Å². The van der Waals surface area contributed by atoms with Gasteiger partial charge < -0.3 is 20.9 Å². The monoisotopic (exact) mass is 523 g/mol. The van der Waals surface area contributed by atoms with Gasteiger partial charge >= 0.3 is 12.1 Å². The molecule has 0 aromatic carbocycles. The number of nitriles is 1. The Kier molecular flexibility index (Phi) is 6.61.